The van der Waals surface area contributed by atoms with E-state index in [4.69, 9.17) is 31.9 Å². The number of benzene rings is 1. The third-order valence-electron chi connectivity index (χ3n) is 3.19. The van der Waals surface area contributed by atoms with Crippen molar-refractivity contribution in [3.8, 4) is 17.2 Å². The van der Waals surface area contributed by atoms with Crippen LogP contribution >= 0.6 is 0 Å². The van der Waals surface area contributed by atoms with Crippen LogP contribution in [0.3, 0.4) is 0 Å². The summed E-state index contributed by atoms with van der Waals surface area (Å²) in [7, 11) is 0. The van der Waals surface area contributed by atoms with Gasteiger partial charge in [0.15, 0.2) is 17.2 Å². The summed E-state index contributed by atoms with van der Waals surface area (Å²) in [5.41, 5.74) is 11.0. The van der Waals surface area contributed by atoms with Crippen LogP contribution in [0.2, 0.25) is 0 Å². The third kappa shape index (κ3) is 5.91. The van der Waals surface area contributed by atoms with Crippen molar-refractivity contribution in [2.75, 3.05) is 0 Å². The fraction of sp³-hybridized carbons (Fsp3) is 0.462. The monoisotopic (exact) mass is 479 g/mol. The molecule has 1 aromatic carbocycles. The number of aromatic carboxylic acids is 1. The summed E-state index contributed by atoms with van der Waals surface area (Å²) in [6, 6.07) is 2.25. The van der Waals surface area contributed by atoms with Gasteiger partial charge in [-0.05, 0) is 25.0 Å². The van der Waals surface area contributed by atoms with Gasteiger partial charge in [0.25, 0.3) is 0 Å². The van der Waals surface area contributed by atoms with Crippen LogP contribution in [0.25, 0.3) is 0 Å². The van der Waals surface area contributed by atoms with Gasteiger partial charge in [-0.1, -0.05) is 12.8 Å². The van der Waals surface area contributed by atoms with Crippen molar-refractivity contribution in [2.24, 2.45) is 11.5 Å². The minimum absolute atomic E-state index is 0. The molecule has 1 aliphatic carbocycles. The predicted octanol–water partition coefficient (Wildman–Crippen LogP) is 0.714. The molecule has 1 saturated carbocycles. The maximum atomic E-state index is 10.3. The second-order valence-electron chi connectivity index (χ2n) is 4.78. The van der Waals surface area contributed by atoms with Gasteiger partial charge < -0.3 is 31.9 Å². The summed E-state index contributed by atoms with van der Waals surface area (Å²) < 4.78 is 0. The second-order valence-corrected chi connectivity index (χ2v) is 4.78. The normalized spacial score (nSPS) is 20.7. The molecule has 0 spiro atoms. The molecule has 0 aliphatic heterocycles. The predicted molar refractivity (Wildman–Crippen MR) is 72.8 cm³/mol. The first kappa shape index (κ1) is 19.7. The summed E-state index contributed by atoms with van der Waals surface area (Å²) >= 11 is 0. The maximum Gasteiger partial charge on any atom is 2.00 e. The summed E-state index contributed by atoms with van der Waals surface area (Å²) in [5, 5.41) is 35.0. The molecule has 120 valence electrons. The Hall–Kier alpha value is -1.30. The van der Waals surface area contributed by atoms with E-state index in [9.17, 15) is 4.79 Å². The van der Waals surface area contributed by atoms with Crippen LogP contribution in [0.15, 0.2) is 12.1 Å². The van der Waals surface area contributed by atoms with E-state index in [1.54, 1.807) is 0 Å². The van der Waals surface area contributed by atoms with Gasteiger partial charge in [0.1, 0.15) is 0 Å². The Balaban J connectivity index is 0.000000390. The minimum atomic E-state index is -1.29. The van der Waals surface area contributed by atoms with Crippen LogP contribution in [0.4, 0.5) is 0 Å². The van der Waals surface area contributed by atoms with Crippen LogP contribution in [0.1, 0.15) is 36.0 Å². The first-order chi connectivity index (χ1) is 9.32. The third-order valence-corrected chi connectivity index (χ3v) is 3.19. The van der Waals surface area contributed by atoms with Crippen molar-refractivity contribution in [2.45, 2.75) is 37.8 Å². The van der Waals surface area contributed by atoms with Crippen molar-refractivity contribution in [1.29, 1.82) is 0 Å². The Labute approximate surface area is 136 Å². The molecule has 0 radical (unpaired) electrons. The Morgan fingerprint density at radius 1 is 1.00 bits per heavy atom. The van der Waals surface area contributed by atoms with Crippen molar-refractivity contribution >= 4 is 5.97 Å². The van der Waals surface area contributed by atoms with E-state index in [2.05, 4.69) is 0 Å². The van der Waals surface area contributed by atoms with E-state index >= 15 is 0 Å². The number of hydrogen-bond acceptors (Lipinski definition) is 6. The van der Waals surface area contributed by atoms with Crippen LogP contribution in [0.5, 0.6) is 17.2 Å². The van der Waals surface area contributed by atoms with E-state index in [0.29, 0.717) is 0 Å². The number of nitrogens with two attached hydrogens (primary N) is 2. The Bertz CT molecular complexity index is 451. The molecule has 8 heteroatoms. The van der Waals surface area contributed by atoms with Crippen LogP contribution in [-0.2, 0) is 21.1 Å². The molecule has 8 N–H and O–H groups in total. The zero-order chi connectivity index (χ0) is 15.3. The van der Waals surface area contributed by atoms with Gasteiger partial charge in [0, 0.05) is 12.1 Å². The molecule has 0 aromatic heterocycles. The van der Waals surface area contributed by atoms with E-state index in [1.807, 2.05) is 0 Å². The second kappa shape index (κ2) is 8.87. The van der Waals surface area contributed by atoms with Gasteiger partial charge in [0.05, 0.1) is 5.56 Å². The van der Waals surface area contributed by atoms with Gasteiger partial charge in [-0.25, -0.2) is 4.79 Å². The zero-order valence-electron chi connectivity index (χ0n) is 11.3. The van der Waals surface area contributed by atoms with Gasteiger partial charge >= 0.3 is 27.0 Å². The van der Waals surface area contributed by atoms with Crippen molar-refractivity contribution in [3.63, 3.8) is 0 Å². The number of carbonyl (C=O) groups is 1. The zero-order valence-corrected chi connectivity index (χ0v) is 13.6. The molecule has 0 unspecified atom stereocenters. The van der Waals surface area contributed by atoms with E-state index < -0.39 is 23.2 Å². The first-order valence-electron chi connectivity index (χ1n) is 6.32. The molecule has 2 atom stereocenters. The molecule has 21 heavy (non-hydrogen) atoms. The van der Waals surface area contributed by atoms with Gasteiger partial charge in [-0.15, -0.1) is 0 Å². The van der Waals surface area contributed by atoms with Crippen molar-refractivity contribution < 1.29 is 46.3 Å². The Morgan fingerprint density at radius 3 is 1.67 bits per heavy atom. The minimum Gasteiger partial charge on any atom is -0.504 e. The fourth-order valence-corrected chi connectivity index (χ4v) is 1.92. The summed E-state index contributed by atoms with van der Waals surface area (Å²) in [5.74, 6) is -3.33. The summed E-state index contributed by atoms with van der Waals surface area (Å²) in [6.45, 7) is 0. The van der Waals surface area contributed by atoms with Gasteiger partial charge in [-0.2, -0.15) is 0 Å². The van der Waals surface area contributed by atoms with Crippen LogP contribution in [0, 0.1) is 0 Å². The van der Waals surface area contributed by atoms with Crippen molar-refractivity contribution in [1.82, 2.24) is 0 Å². The number of rotatable bonds is 1. The van der Waals surface area contributed by atoms with E-state index in [0.717, 1.165) is 25.0 Å². The molecule has 1 aliphatic rings. The Kier molecular flexibility index (Phi) is 8.32. The van der Waals surface area contributed by atoms with E-state index in [1.165, 1.54) is 12.8 Å². The standard InChI is InChI=1S/C7H6O5.C6H14N2.Pt/c8-4-1-3(7(11)12)2-5(9)6(4)10;7-5-3-1-2-4-6(5)8;/h1-2,8-10H,(H,11,12);5-6H,1-4,7-8H2;/q;;+2/t;5-,6-;/m.1./s1. The molecule has 7 nitrogen and oxygen atoms in total. The molecule has 1 aromatic rings. The molecule has 0 amide bonds. The average Bonchev–Trinajstić information content (AvgIpc) is 2.39. The number of carboxylic acid groups (broad SMARTS) is 1. The van der Waals surface area contributed by atoms with Gasteiger partial charge in [0.2, 0.25) is 0 Å². The largest absolute Gasteiger partial charge is 2.00 e. The van der Waals surface area contributed by atoms with Crippen molar-refractivity contribution in [3.05, 3.63) is 17.7 Å². The number of phenols is 3. The molecule has 0 bridgehead atoms. The number of hydrogen-bond donors (Lipinski definition) is 6. The van der Waals surface area contributed by atoms with E-state index in [-0.39, 0.29) is 38.7 Å². The molecular formula is C13H20N2O5Pt+2. The molecular weight excluding hydrogens is 459 g/mol. The number of carboxylic acids is 1. The van der Waals surface area contributed by atoms with Crippen LogP contribution < -0.4 is 11.5 Å². The SMILES string of the molecule is N[C@@H]1CCCC[C@H]1N.O=C(O)c1cc(O)c(O)c(O)c1.[Pt+2]. The molecule has 2 rings (SSSR count). The molecule has 0 saturated heterocycles. The molecule has 1 fully saturated rings. The maximum absolute atomic E-state index is 10.3. The average molecular weight is 479 g/mol. The summed E-state index contributed by atoms with van der Waals surface area (Å²) in [6.07, 6.45) is 4.80. The topological polar surface area (TPSA) is 150 Å². The first-order valence-corrected chi connectivity index (χ1v) is 6.32. The van der Waals surface area contributed by atoms with Crippen LogP contribution in [-0.4, -0.2) is 38.5 Å². The van der Waals surface area contributed by atoms with Gasteiger partial charge in [-0.3, -0.25) is 0 Å². The Morgan fingerprint density at radius 2 is 1.38 bits per heavy atom. The molecule has 0 heterocycles. The smallest absolute Gasteiger partial charge is 0.504 e. The quantitative estimate of drug-likeness (QED) is 0.325. The number of aromatic hydroxyl groups is 3. The number of phenolic OH excluding ortho intramolecular Hbond substituents is 3. The fourth-order valence-electron chi connectivity index (χ4n) is 1.92. The summed E-state index contributed by atoms with van der Waals surface area (Å²) in [4.78, 5) is 10.3.